The van der Waals surface area contributed by atoms with E-state index in [9.17, 15) is 5.11 Å². The number of ether oxygens (including phenoxy) is 1. The van der Waals surface area contributed by atoms with E-state index in [1.165, 1.54) is 10.8 Å². The summed E-state index contributed by atoms with van der Waals surface area (Å²) < 4.78 is 7.33. The minimum Gasteiger partial charge on any atom is -0.394 e. The molecule has 110 valence electrons. The van der Waals surface area contributed by atoms with Crippen molar-refractivity contribution in [3.05, 3.63) is 48.5 Å². The van der Waals surface area contributed by atoms with Gasteiger partial charge in [-0.1, -0.05) is 36.4 Å². The highest BCUT2D eigenvalue weighted by molar-refractivity contribution is 6.07. The Kier molecular flexibility index (Phi) is 4.20. The molecule has 2 N–H and O–H groups in total. The fourth-order valence-electron chi connectivity index (χ4n) is 2.75. The van der Waals surface area contributed by atoms with Gasteiger partial charge in [-0.2, -0.15) is 0 Å². The van der Waals surface area contributed by atoms with Gasteiger partial charge < -0.3 is 19.5 Å². The lowest BCUT2D eigenvalue weighted by Crippen LogP contribution is -2.22. The van der Waals surface area contributed by atoms with Crippen LogP contribution in [-0.2, 0) is 11.3 Å². The Bertz CT molecular complexity index is 682. The number of hydrogen-bond donors (Lipinski definition) is 2. The Hall–Kier alpha value is -1.88. The predicted octanol–water partition coefficient (Wildman–Crippen LogP) is 2.16. The van der Waals surface area contributed by atoms with E-state index in [1.807, 2.05) is 24.3 Å². The van der Waals surface area contributed by atoms with Crippen LogP contribution in [0.1, 0.15) is 0 Å². The van der Waals surface area contributed by atoms with Gasteiger partial charge in [0.2, 0.25) is 0 Å². The Morgan fingerprint density at radius 2 is 1.52 bits per heavy atom. The van der Waals surface area contributed by atoms with Crippen LogP contribution >= 0.6 is 0 Å². The highest BCUT2D eigenvalue weighted by atomic mass is 16.5. The zero-order valence-electron chi connectivity index (χ0n) is 11.8. The fraction of sp³-hybridized carbons (Fsp3) is 0.294. The highest BCUT2D eigenvalue weighted by Gasteiger charge is 2.13. The lowest BCUT2D eigenvalue weighted by atomic mass is 10.2. The minimum absolute atomic E-state index is 0.0257. The molecule has 0 aliphatic carbocycles. The molecule has 1 unspecified atom stereocenters. The quantitative estimate of drug-likeness (QED) is 0.682. The van der Waals surface area contributed by atoms with E-state index in [4.69, 9.17) is 9.84 Å². The first-order valence-corrected chi connectivity index (χ1v) is 7.14. The number of benzene rings is 2. The lowest BCUT2D eigenvalue weighted by Gasteiger charge is -2.14. The van der Waals surface area contributed by atoms with Crippen molar-refractivity contribution >= 4 is 21.8 Å². The summed E-state index contributed by atoms with van der Waals surface area (Å²) >= 11 is 0. The molecule has 0 aliphatic rings. The molecule has 1 atom stereocenters. The molecule has 0 fully saturated rings. The molecular weight excluding hydrogens is 266 g/mol. The summed E-state index contributed by atoms with van der Waals surface area (Å²) in [5, 5.41) is 21.2. The standard InChI is InChI=1S/C17H19NO3/c19-9-10-21-12-13(20)11-18-16-7-3-1-5-14(16)15-6-2-4-8-17(15)18/h1-8,13,19-20H,9-12H2. The average molecular weight is 285 g/mol. The van der Waals surface area contributed by atoms with Gasteiger partial charge in [-0.15, -0.1) is 0 Å². The molecule has 1 heterocycles. The lowest BCUT2D eigenvalue weighted by molar-refractivity contribution is 0.0153. The molecule has 0 amide bonds. The maximum absolute atomic E-state index is 10.1. The van der Waals surface area contributed by atoms with Crippen LogP contribution in [0.15, 0.2) is 48.5 Å². The van der Waals surface area contributed by atoms with Crippen LogP contribution in [0, 0.1) is 0 Å². The Labute approximate surface area is 123 Å². The van der Waals surface area contributed by atoms with Gasteiger partial charge in [0, 0.05) is 21.8 Å². The summed E-state index contributed by atoms with van der Waals surface area (Å²) in [6, 6.07) is 16.4. The summed E-state index contributed by atoms with van der Waals surface area (Å²) in [6.45, 7) is 0.924. The van der Waals surface area contributed by atoms with E-state index < -0.39 is 6.10 Å². The smallest absolute Gasteiger partial charge is 0.0952 e. The van der Waals surface area contributed by atoms with Gasteiger partial charge in [0.25, 0.3) is 0 Å². The van der Waals surface area contributed by atoms with Crippen molar-refractivity contribution in [1.82, 2.24) is 4.57 Å². The summed E-state index contributed by atoms with van der Waals surface area (Å²) in [7, 11) is 0. The SMILES string of the molecule is OCCOCC(O)Cn1c2ccccc2c2ccccc21. The largest absolute Gasteiger partial charge is 0.394 e. The van der Waals surface area contributed by atoms with Crippen LogP contribution in [0.5, 0.6) is 0 Å². The van der Waals surface area contributed by atoms with Crippen LogP contribution in [0.4, 0.5) is 0 Å². The summed E-state index contributed by atoms with van der Waals surface area (Å²) in [6.07, 6.45) is -0.601. The van der Waals surface area contributed by atoms with Crippen molar-refractivity contribution < 1.29 is 14.9 Å². The molecule has 21 heavy (non-hydrogen) atoms. The summed E-state index contributed by atoms with van der Waals surface area (Å²) in [5.41, 5.74) is 2.22. The van der Waals surface area contributed by atoms with Crippen molar-refractivity contribution in [2.24, 2.45) is 0 Å². The van der Waals surface area contributed by atoms with Crippen LogP contribution in [0.3, 0.4) is 0 Å². The van der Waals surface area contributed by atoms with Gasteiger partial charge in [-0.3, -0.25) is 0 Å². The van der Waals surface area contributed by atoms with Crippen LogP contribution < -0.4 is 0 Å². The van der Waals surface area contributed by atoms with E-state index in [1.54, 1.807) is 0 Å². The average Bonchev–Trinajstić information content (AvgIpc) is 2.83. The van der Waals surface area contributed by atoms with E-state index in [-0.39, 0.29) is 19.8 Å². The van der Waals surface area contributed by atoms with Crippen molar-refractivity contribution in [2.45, 2.75) is 12.6 Å². The third kappa shape index (κ3) is 2.78. The highest BCUT2D eigenvalue weighted by Crippen LogP contribution is 2.28. The topological polar surface area (TPSA) is 54.6 Å². The maximum Gasteiger partial charge on any atom is 0.0952 e. The normalized spacial score (nSPS) is 13.0. The Morgan fingerprint density at radius 3 is 2.10 bits per heavy atom. The molecule has 4 nitrogen and oxygen atoms in total. The van der Waals surface area contributed by atoms with Crippen LogP contribution in [-0.4, -0.2) is 40.7 Å². The maximum atomic E-state index is 10.1. The van der Waals surface area contributed by atoms with E-state index in [2.05, 4.69) is 28.8 Å². The van der Waals surface area contributed by atoms with Crippen molar-refractivity contribution in [1.29, 1.82) is 0 Å². The second-order valence-corrected chi connectivity index (χ2v) is 5.10. The number of rotatable bonds is 6. The number of hydrogen-bond acceptors (Lipinski definition) is 3. The summed E-state index contributed by atoms with van der Waals surface area (Å²) in [4.78, 5) is 0. The van der Waals surface area contributed by atoms with E-state index in [0.29, 0.717) is 6.54 Å². The molecule has 0 radical (unpaired) electrons. The first kappa shape index (κ1) is 14.1. The monoisotopic (exact) mass is 285 g/mol. The zero-order chi connectivity index (χ0) is 14.7. The van der Waals surface area contributed by atoms with Crippen LogP contribution in [0.2, 0.25) is 0 Å². The molecule has 3 rings (SSSR count). The molecule has 0 spiro atoms. The molecule has 0 bridgehead atoms. The van der Waals surface area contributed by atoms with Crippen molar-refractivity contribution in [2.75, 3.05) is 19.8 Å². The minimum atomic E-state index is -0.601. The van der Waals surface area contributed by atoms with Crippen LogP contribution in [0.25, 0.3) is 21.8 Å². The molecule has 1 aromatic heterocycles. The Morgan fingerprint density at radius 1 is 0.952 bits per heavy atom. The molecule has 2 aromatic carbocycles. The zero-order valence-corrected chi connectivity index (χ0v) is 11.8. The molecule has 4 heteroatoms. The van der Waals surface area contributed by atoms with Gasteiger partial charge in [-0.05, 0) is 12.1 Å². The van der Waals surface area contributed by atoms with Gasteiger partial charge in [0.1, 0.15) is 0 Å². The number of nitrogens with zero attached hydrogens (tertiary/aromatic N) is 1. The first-order valence-electron chi connectivity index (χ1n) is 7.14. The second kappa shape index (κ2) is 6.26. The number of aromatic nitrogens is 1. The number of aliphatic hydroxyl groups excluding tert-OH is 2. The molecule has 0 saturated carbocycles. The van der Waals surface area contributed by atoms with E-state index in [0.717, 1.165) is 11.0 Å². The molecule has 0 saturated heterocycles. The number of para-hydroxylation sites is 2. The Balaban J connectivity index is 1.96. The van der Waals surface area contributed by atoms with Gasteiger partial charge in [0.05, 0.1) is 32.5 Å². The molecule has 0 aliphatic heterocycles. The number of aliphatic hydroxyl groups is 2. The fourth-order valence-corrected chi connectivity index (χ4v) is 2.75. The van der Waals surface area contributed by atoms with Gasteiger partial charge in [0.15, 0.2) is 0 Å². The van der Waals surface area contributed by atoms with Gasteiger partial charge in [-0.25, -0.2) is 0 Å². The summed E-state index contributed by atoms with van der Waals surface area (Å²) in [5.74, 6) is 0. The third-order valence-corrected chi connectivity index (χ3v) is 3.62. The van der Waals surface area contributed by atoms with Crippen molar-refractivity contribution in [3.8, 4) is 0 Å². The predicted molar refractivity (Wildman–Crippen MR) is 83.4 cm³/mol. The van der Waals surface area contributed by atoms with Gasteiger partial charge >= 0.3 is 0 Å². The second-order valence-electron chi connectivity index (χ2n) is 5.10. The molecule has 3 aromatic rings. The van der Waals surface area contributed by atoms with Crippen molar-refractivity contribution in [3.63, 3.8) is 0 Å². The molecular formula is C17H19NO3. The number of fused-ring (bicyclic) bond motifs is 3. The van der Waals surface area contributed by atoms with E-state index >= 15 is 0 Å². The first-order chi connectivity index (χ1) is 10.3. The third-order valence-electron chi connectivity index (χ3n) is 3.62.